The number of H-pyrrole nitrogens is 1. The number of aromatic amines is 1. The third-order valence-corrected chi connectivity index (χ3v) is 6.68. The fourth-order valence-corrected chi connectivity index (χ4v) is 5.04. The first-order valence-corrected chi connectivity index (χ1v) is 11.0. The van der Waals surface area contributed by atoms with Crippen molar-refractivity contribution in [3.8, 4) is 11.4 Å². The molecule has 0 bridgehead atoms. The topological polar surface area (TPSA) is 121 Å². The molecule has 1 aromatic heterocycles. The van der Waals surface area contributed by atoms with Crippen LogP contribution in [0.3, 0.4) is 0 Å². The maximum absolute atomic E-state index is 13.2. The number of tetrazole rings is 1. The Hall–Kier alpha value is -3.55. The van der Waals surface area contributed by atoms with Gasteiger partial charge in [0, 0.05) is 17.2 Å². The van der Waals surface area contributed by atoms with Crippen molar-refractivity contribution >= 4 is 17.6 Å². The van der Waals surface area contributed by atoms with Gasteiger partial charge in [0.2, 0.25) is 5.91 Å². The van der Waals surface area contributed by atoms with E-state index in [0.29, 0.717) is 17.1 Å². The zero-order valence-corrected chi connectivity index (χ0v) is 17.8. The Morgan fingerprint density at radius 1 is 1.16 bits per heavy atom. The average molecular weight is 431 g/mol. The van der Waals surface area contributed by atoms with Crippen LogP contribution in [0.1, 0.15) is 71.0 Å². The Morgan fingerprint density at radius 2 is 1.97 bits per heavy atom. The van der Waals surface area contributed by atoms with Crippen molar-refractivity contribution in [3.05, 3.63) is 58.7 Å². The lowest BCUT2D eigenvalue weighted by atomic mass is 9.87. The number of carbonyl (C=O) groups is 2. The van der Waals surface area contributed by atoms with Crippen LogP contribution in [0.5, 0.6) is 0 Å². The Balaban J connectivity index is 1.49. The number of amides is 1. The molecule has 2 aromatic carbocycles. The summed E-state index contributed by atoms with van der Waals surface area (Å²) in [7, 11) is 0. The molecule has 2 aliphatic rings. The number of hydrogen-bond acceptors (Lipinski definition) is 5. The van der Waals surface area contributed by atoms with E-state index < -0.39 is 5.97 Å². The molecular formula is C24H25N5O3. The summed E-state index contributed by atoms with van der Waals surface area (Å²) in [6, 6.07) is 11.5. The number of carbonyl (C=O) groups excluding carboxylic acids is 1. The Kier molecular flexibility index (Phi) is 5.20. The van der Waals surface area contributed by atoms with Crippen LogP contribution in [0.4, 0.5) is 5.69 Å². The Bertz CT molecular complexity index is 1170. The van der Waals surface area contributed by atoms with Gasteiger partial charge in [-0.2, -0.15) is 0 Å². The normalized spacial score (nSPS) is 20.3. The second kappa shape index (κ2) is 8.18. The van der Waals surface area contributed by atoms with Crippen LogP contribution in [0.2, 0.25) is 0 Å². The van der Waals surface area contributed by atoms with Gasteiger partial charge in [-0.25, -0.2) is 9.89 Å². The van der Waals surface area contributed by atoms with Crippen LogP contribution in [0.25, 0.3) is 11.4 Å². The van der Waals surface area contributed by atoms with Crippen LogP contribution in [0, 0.1) is 12.8 Å². The summed E-state index contributed by atoms with van der Waals surface area (Å²) in [6.45, 7) is 2.05. The summed E-state index contributed by atoms with van der Waals surface area (Å²) < 4.78 is 0. The lowest BCUT2D eigenvalue weighted by molar-refractivity contribution is -0.117. The minimum Gasteiger partial charge on any atom is -0.478 e. The first-order valence-electron chi connectivity index (χ1n) is 11.0. The van der Waals surface area contributed by atoms with Gasteiger partial charge in [0.15, 0.2) is 5.82 Å². The molecule has 2 aliphatic carbocycles. The molecule has 32 heavy (non-hydrogen) atoms. The van der Waals surface area contributed by atoms with Gasteiger partial charge in [-0.15, -0.1) is 5.10 Å². The van der Waals surface area contributed by atoms with E-state index >= 15 is 0 Å². The summed E-state index contributed by atoms with van der Waals surface area (Å²) in [5, 5.41) is 26.9. The Labute approximate surface area is 185 Å². The van der Waals surface area contributed by atoms with E-state index in [2.05, 4.69) is 51.1 Å². The molecule has 8 heteroatoms. The number of benzene rings is 2. The number of carboxylic acid groups (broad SMARTS) is 1. The zero-order valence-electron chi connectivity index (χ0n) is 17.8. The maximum atomic E-state index is 13.2. The molecule has 164 valence electrons. The number of aromatic nitrogens is 4. The van der Waals surface area contributed by atoms with Crippen molar-refractivity contribution in [1.29, 1.82) is 0 Å². The van der Waals surface area contributed by atoms with Crippen LogP contribution in [-0.4, -0.2) is 37.6 Å². The van der Waals surface area contributed by atoms with Gasteiger partial charge in [-0.3, -0.25) is 4.79 Å². The predicted molar refractivity (Wildman–Crippen MR) is 118 cm³/mol. The third-order valence-electron chi connectivity index (χ3n) is 6.68. The van der Waals surface area contributed by atoms with E-state index in [1.165, 1.54) is 17.2 Å². The molecule has 8 nitrogen and oxygen atoms in total. The number of rotatable bonds is 6. The first-order chi connectivity index (χ1) is 15.5. The van der Waals surface area contributed by atoms with Crippen molar-refractivity contribution in [2.24, 2.45) is 5.92 Å². The van der Waals surface area contributed by atoms with Crippen LogP contribution < -0.4 is 5.32 Å². The minimum atomic E-state index is -1.05. The highest BCUT2D eigenvalue weighted by Crippen LogP contribution is 2.49. The molecule has 3 aromatic rings. The second-order valence-corrected chi connectivity index (χ2v) is 8.84. The lowest BCUT2D eigenvalue weighted by Gasteiger charge is -2.21. The molecule has 2 unspecified atom stereocenters. The highest BCUT2D eigenvalue weighted by atomic mass is 16.4. The largest absolute Gasteiger partial charge is 0.478 e. The number of anilines is 1. The molecule has 0 saturated heterocycles. The van der Waals surface area contributed by atoms with Crippen LogP contribution in [-0.2, 0) is 4.79 Å². The number of carboxylic acids is 1. The zero-order chi connectivity index (χ0) is 22.2. The summed E-state index contributed by atoms with van der Waals surface area (Å²) in [6.07, 6.45) is 4.84. The first kappa shape index (κ1) is 20.4. The van der Waals surface area contributed by atoms with E-state index in [-0.39, 0.29) is 29.2 Å². The molecule has 1 heterocycles. The van der Waals surface area contributed by atoms with Gasteiger partial charge >= 0.3 is 5.97 Å². The van der Waals surface area contributed by atoms with E-state index in [4.69, 9.17) is 0 Å². The molecule has 2 saturated carbocycles. The summed E-state index contributed by atoms with van der Waals surface area (Å²) in [5.74, 6) is -0.472. The SMILES string of the molecule is Cc1cccc(C2CC2C(=O)Nc2ccc(C(=O)O)c(-c3nnn[nH]3)c2C2CCCC2)c1. The number of hydrogen-bond donors (Lipinski definition) is 3. The molecular weight excluding hydrogens is 406 g/mol. The van der Waals surface area contributed by atoms with E-state index in [1.54, 1.807) is 6.07 Å². The van der Waals surface area contributed by atoms with Gasteiger partial charge in [0.1, 0.15) is 0 Å². The third kappa shape index (κ3) is 3.77. The quantitative estimate of drug-likeness (QED) is 0.536. The van der Waals surface area contributed by atoms with Crippen LogP contribution >= 0.6 is 0 Å². The minimum absolute atomic E-state index is 0.0273. The van der Waals surface area contributed by atoms with Crippen molar-refractivity contribution in [2.45, 2.75) is 50.9 Å². The molecule has 3 N–H and O–H groups in total. The molecule has 0 spiro atoms. The number of aryl methyl sites for hydroxylation is 1. The summed E-state index contributed by atoms with van der Waals surface area (Å²) in [4.78, 5) is 25.1. The monoisotopic (exact) mass is 431 g/mol. The highest BCUT2D eigenvalue weighted by Gasteiger charge is 2.44. The summed E-state index contributed by atoms with van der Waals surface area (Å²) >= 11 is 0. The molecule has 1 amide bonds. The van der Waals surface area contributed by atoms with Gasteiger partial charge < -0.3 is 10.4 Å². The smallest absolute Gasteiger partial charge is 0.336 e. The van der Waals surface area contributed by atoms with Crippen molar-refractivity contribution in [2.75, 3.05) is 5.32 Å². The van der Waals surface area contributed by atoms with Crippen molar-refractivity contribution in [1.82, 2.24) is 20.6 Å². The summed E-state index contributed by atoms with van der Waals surface area (Å²) in [5.41, 5.74) is 4.46. The lowest BCUT2D eigenvalue weighted by Crippen LogP contribution is -2.18. The predicted octanol–water partition coefficient (Wildman–Crippen LogP) is 4.27. The van der Waals surface area contributed by atoms with Gasteiger partial charge in [0.05, 0.1) is 5.56 Å². The maximum Gasteiger partial charge on any atom is 0.336 e. The molecule has 0 aliphatic heterocycles. The van der Waals surface area contributed by atoms with Gasteiger partial charge in [0.25, 0.3) is 0 Å². The number of nitrogens with zero attached hydrogens (tertiary/aromatic N) is 3. The standard InChI is InChI=1S/C24H25N5O3/c1-13-5-4-8-15(11-13)17-12-18(17)23(30)25-19-10-9-16(24(31)32)21(22-26-28-29-27-22)20(19)14-6-2-3-7-14/h4-5,8-11,14,17-18H,2-3,6-7,12H2,1H3,(H,25,30)(H,31,32)(H,26,27,28,29). The fraction of sp³-hybridized carbons (Fsp3) is 0.375. The molecule has 2 fully saturated rings. The molecule has 0 radical (unpaired) electrons. The van der Waals surface area contributed by atoms with Crippen LogP contribution in [0.15, 0.2) is 36.4 Å². The number of nitrogens with one attached hydrogen (secondary N) is 2. The van der Waals surface area contributed by atoms with Crippen molar-refractivity contribution < 1.29 is 14.7 Å². The Morgan fingerprint density at radius 3 is 2.66 bits per heavy atom. The van der Waals surface area contributed by atoms with Crippen molar-refractivity contribution in [3.63, 3.8) is 0 Å². The van der Waals surface area contributed by atoms with Gasteiger partial charge in [-0.1, -0.05) is 42.7 Å². The second-order valence-electron chi connectivity index (χ2n) is 8.84. The fourth-order valence-electron chi connectivity index (χ4n) is 5.04. The molecule has 2 atom stereocenters. The van der Waals surface area contributed by atoms with Gasteiger partial charge in [-0.05, 0) is 71.7 Å². The average Bonchev–Trinajstić information content (AvgIpc) is 3.14. The molecule has 5 rings (SSSR count). The van der Waals surface area contributed by atoms with E-state index in [0.717, 1.165) is 37.7 Å². The van der Waals surface area contributed by atoms with E-state index in [9.17, 15) is 14.7 Å². The van der Waals surface area contributed by atoms with E-state index in [1.807, 2.05) is 6.07 Å². The highest BCUT2D eigenvalue weighted by molar-refractivity contribution is 6.01. The number of aromatic carboxylic acids is 1.